The Morgan fingerprint density at radius 1 is 1.29 bits per heavy atom. The third-order valence-corrected chi connectivity index (χ3v) is 4.57. The number of aromatic carboxylic acids is 1. The Bertz CT molecular complexity index is 578. The molecule has 2 rings (SSSR count). The number of carboxylic acids is 1. The topological polar surface area (TPSA) is 82.5 Å². The van der Waals surface area contributed by atoms with Crippen molar-refractivity contribution >= 4 is 5.97 Å². The van der Waals surface area contributed by atoms with Crippen molar-refractivity contribution in [1.82, 2.24) is 9.80 Å². The molecule has 1 aromatic carbocycles. The highest BCUT2D eigenvalue weighted by atomic mass is 16.5. The highest BCUT2D eigenvalue weighted by Gasteiger charge is 2.26. The van der Waals surface area contributed by atoms with Crippen LogP contribution >= 0.6 is 0 Å². The van der Waals surface area contributed by atoms with Gasteiger partial charge in [0.25, 0.3) is 0 Å². The maximum Gasteiger partial charge on any atom is 0.336 e. The third kappa shape index (κ3) is 4.17. The van der Waals surface area contributed by atoms with Crippen molar-refractivity contribution in [2.24, 2.45) is 0 Å². The third-order valence-electron chi connectivity index (χ3n) is 4.57. The minimum Gasteiger partial charge on any atom is -0.497 e. The zero-order chi connectivity index (χ0) is 17.7. The van der Waals surface area contributed by atoms with Crippen LogP contribution in [0.4, 0.5) is 0 Å². The molecule has 0 aliphatic carbocycles. The normalized spacial score (nSPS) is 19.2. The van der Waals surface area contributed by atoms with Crippen molar-refractivity contribution in [1.29, 1.82) is 0 Å². The van der Waals surface area contributed by atoms with Crippen LogP contribution in [-0.4, -0.2) is 79.5 Å². The number of aliphatic hydroxyl groups is 1. The molecule has 7 heteroatoms. The number of methoxy groups -OCH3 is 2. The maximum atomic E-state index is 11.6. The van der Waals surface area contributed by atoms with E-state index in [0.29, 0.717) is 30.0 Å². The largest absolute Gasteiger partial charge is 0.497 e. The van der Waals surface area contributed by atoms with Crippen LogP contribution in [0.2, 0.25) is 0 Å². The van der Waals surface area contributed by atoms with Gasteiger partial charge in [0.2, 0.25) is 0 Å². The van der Waals surface area contributed by atoms with E-state index in [1.54, 1.807) is 6.07 Å². The molecule has 0 aromatic heterocycles. The molecule has 1 fully saturated rings. The first-order chi connectivity index (χ1) is 11.5. The number of hydrogen-bond donors (Lipinski definition) is 2. The fourth-order valence-corrected chi connectivity index (χ4v) is 3.11. The van der Waals surface area contributed by atoms with Gasteiger partial charge < -0.3 is 24.6 Å². The SMILES string of the molecule is COc1cc(OC)c(CN2CCN(C)[C@H](CCO)C2)c(C(=O)O)c1. The average molecular weight is 338 g/mol. The van der Waals surface area contributed by atoms with Gasteiger partial charge in [-0.15, -0.1) is 0 Å². The molecular weight excluding hydrogens is 312 g/mol. The van der Waals surface area contributed by atoms with Gasteiger partial charge in [-0.05, 0) is 19.5 Å². The van der Waals surface area contributed by atoms with E-state index < -0.39 is 5.97 Å². The fraction of sp³-hybridized carbons (Fsp3) is 0.588. The Kier molecular flexibility index (Phi) is 6.42. The van der Waals surface area contributed by atoms with Crippen molar-refractivity contribution in [3.8, 4) is 11.5 Å². The van der Waals surface area contributed by atoms with Crippen molar-refractivity contribution < 1.29 is 24.5 Å². The number of rotatable bonds is 7. The molecule has 0 unspecified atom stereocenters. The van der Waals surface area contributed by atoms with Crippen molar-refractivity contribution in [3.63, 3.8) is 0 Å². The molecule has 0 saturated carbocycles. The first-order valence-corrected chi connectivity index (χ1v) is 8.01. The molecule has 1 aromatic rings. The van der Waals surface area contributed by atoms with E-state index in [1.165, 1.54) is 20.3 Å². The Labute approximate surface area is 142 Å². The van der Waals surface area contributed by atoms with Gasteiger partial charge in [-0.3, -0.25) is 4.90 Å². The molecule has 1 aliphatic rings. The lowest BCUT2D eigenvalue weighted by Crippen LogP contribution is -2.51. The first kappa shape index (κ1) is 18.5. The van der Waals surface area contributed by atoms with Crippen LogP contribution in [0.25, 0.3) is 0 Å². The number of carbonyl (C=O) groups is 1. The lowest BCUT2D eigenvalue weighted by atomic mass is 10.0. The molecule has 0 bridgehead atoms. The summed E-state index contributed by atoms with van der Waals surface area (Å²) in [5.74, 6) is -0.0165. The molecule has 1 saturated heterocycles. The highest BCUT2D eigenvalue weighted by Crippen LogP contribution is 2.30. The number of hydrogen-bond acceptors (Lipinski definition) is 6. The fourth-order valence-electron chi connectivity index (χ4n) is 3.11. The van der Waals surface area contributed by atoms with E-state index in [0.717, 1.165) is 19.6 Å². The van der Waals surface area contributed by atoms with E-state index in [2.05, 4.69) is 9.80 Å². The van der Waals surface area contributed by atoms with E-state index in [-0.39, 0.29) is 18.2 Å². The molecule has 0 spiro atoms. The predicted octanol–water partition coefficient (Wildman–Crippen LogP) is 0.900. The van der Waals surface area contributed by atoms with Gasteiger partial charge in [0.15, 0.2) is 0 Å². The number of benzene rings is 1. The Hall–Kier alpha value is -1.83. The van der Waals surface area contributed by atoms with Gasteiger partial charge in [-0.25, -0.2) is 4.79 Å². The second-order valence-electron chi connectivity index (χ2n) is 6.04. The number of carboxylic acid groups (broad SMARTS) is 1. The van der Waals surface area contributed by atoms with Crippen molar-refractivity contribution in [2.45, 2.75) is 19.0 Å². The summed E-state index contributed by atoms with van der Waals surface area (Å²) < 4.78 is 10.6. The summed E-state index contributed by atoms with van der Waals surface area (Å²) in [7, 11) is 5.08. The average Bonchev–Trinajstić information content (AvgIpc) is 2.57. The molecule has 1 atom stereocenters. The number of ether oxygens (including phenoxy) is 2. The van der Waals surface area contributed by atoms with Crippen LogP contribution in [0.1, 0.15) is 22.3 Å². The number of likely N-dealkylation sites (N-methyl/N-ethyl adjacent to an activating group) is 1. The quantitative estimate of drug-likeness (QED) is 0.764. The van der Waals surface area contributed by atoms with Crippen molar-refractivity contribution in [2.75, 3.05) is 47.5 Å². The molecule has 0 radical (unpaired) electrons. The van der Waals surface area contributed by atoms with Crippen LogP contribution in [0.15, 0.2) is 12.1 Å². The standard InChI is InChI=1S/C17H26N2O5/c1-18-5-6-19(10-12(18)4-7-20)11-15-14(17(21)22)8-13(23-2)9-16(15)24-3/h8-9,12,20H,4-7,10-11H2,1-3H3,(H,21,22)/t12-/m1/s1. The Balaban J connectivity index is 2.26. The second kappa shape index (κ2) is 8.32. The summed E-state index contributed by atoms with van der Waals surface area (Å²) in [4.78, 5) is 16.1. The molecule has 24 heavy (non-hydrogen) atoms. The minimum atomic E-state index is -0.997. The Morgan fingerprint density at radius 2 is 2.04 bits per heavy atom. The van der Waals surface area contributed by atoms with Crippen molar-refractivity contribution in [3.05, 3.63) is 23.3 Å². The van der Waals surface area contributed by atoms with Gasteiger partial charge in [0, 0.05) is 50.5 Å². The molecule has 1 aliphatic heterocycles. The van der Waals surface area contributed by atoms with E-state index in [1.807, 2.05) is 7.05 Å². The molecule has 134 valence electrons. The summed E-state index contributed by atoms with van der Waals surface area (Å²) in [6, 6.07) is 3.51. The summed E-state index contributed by atoms with van der Waals surface area (Å²) in [5, 5.41) is 18.8. The van der Waals surface area contributed by atoms with E-state index in [9.17, 15) is 15.0 Å². The van der Waals surface area contributed by atoms with E-state index in [4.69, 9.17) is 9.47 Å². The lowest BCUT2D eigenvalue weighted by molar-refractivity contribution is 0.0674. The summed E-state index contributed by atoms with van der Waals surface area (Å²) in [5.41, 5.74) is 0.849. The van der Waals surface area contributed by atoms with Gasteiger partial charge in [0.1, 0.15) is 11.5 Å². The van der Waals surface area contributed by atoms with E-state index >= 15 is 0 Å². The molecule has 0 amide bonds. The summed E-state index contributed by atoms with van der Waals surface area (Å²) in [6.45, 7) is 3.14. The number of piperazine rings is 1. The zero-order valence-electron chi connectivity index (χ0n) is 14.5. The lowest BCUT2D eigenvalue weighted by Gasteiger charge is -2.39. The number of nitrogens with zero attached hydrogens (tertiary/aromatic N) is 2. The van der Waals surface area contributed by atoms with Crippen LogP contribution in [0, 0.1) is 0 Å². The highest BCUT2D eigenvalue weighted by molar-refractivity contribution is 5.91. The van der Waals surface area contributed by atoms with Crippen LogP contribution < -0.4 is 9.47 Å². The molecule has 2 N–H and O–H groups in total. The van der Waals surface area contributed by atoms with Gasteiger partial charge in [0.05, 0.1) is 19.8 Å². The van der Waals surface area contributed by atoms with Crippen LogP contribution in [0.5, 0.6) is 11.5 Å². The monoisotopic (exact) mass is 338 g/mol. The van der Waals surface area contributed by atoms with Gasteiger partial charge in [-0.1, -0.05) is 0 Å². The molecular formula is C17H26N2O5. The van der Waals surface area contributed by atoms with Gasteiger partial charge in [-0.2, -0.15) is 0 Å². The molecule has 1 heterocycles. The minimum absolute atomic E-state index is 0.148. The van der Waals surface area contributed by atoms with Gasteiger partial charge >= 0.3 is 5.97 Å². The van der Waals surface area contributed by atoms with Crippen LogP contribution in [-0.2, 0) is 6.54 Å². The predicted molar refractivity (Wildman–Crippen MR) is 89.9 cm³/mol. The summed E-state index contributed by atoms with van der Waals surface area (Å²) >= 11 is 0. The zero-order valence-corrected chi connectivity index (χ0v) is 14.5. The smallest absolute Gasteiger partial charge is 0.336 e. The summed E-state index contributed by atoms with van der Waals surface area (Å²) in [6.07, 6.45) is 0.707. The molecule has 7 nitrogen and oxygen atoms in total. The van der Waals surface area contributed by atoms with Crippen LogP contribution in [0.3, 0.4) is 0 Å². The maximum absolute atomic E-state index is 11.6. The first-order valence-electron chi connectivity index (χ1n) is 8.01. The number of aliphatic hydroxyl groups excluding tert-OH is 1. The Morgan fingerprint density at radius 3 is 2.62 bits per heavy atom. The second-order valence-corrected chi connectivity index (χ2v) is 6.04.